The Morgan fingerprint density at radius 3 is 2.59 bits per heavy atom. The van der Waals surface area contributed by atoms with Crippen LogP contribution in [0.3, 0.4) is 0 Å². The normalized spacial score (nSPS) is 17.0. The van der Waals surface area contributed by atoms with Crippen molar-refractivity contribution in [2.24, 2.45) is 0 Å². The van der Waals surface area contributed by atoms with Crippen molar-refractivity contribution >= 4 is 5.91 Å². The molecule has 1 amide bonds. The zero-order valence-electron chi connectivity index (χ0n) is 15.9. The first-order valence-corrected chi connectivity index (χ1v) is 9.42. The van der Waals surface area contributed by atoms with Crippen molar-refractivity contribution in [3.8, 4) is 0 Å². The molecule has 1 aliphatic rings. The Kier molecular flexibility index (Phi) is 6.58. The molecule has 146 valence electrons. The van der Waals surface area contributed by atoms with Gasteiger partial charge in [0, 0.05) is 38.8 Å². The Morgan fingerprint density at radius 1 is 1.26 bits per heavy atom. The van der Waals surface area contributed by atoms with Crippen LogP contribution < -0.4 is 5.32 Å². The lowest BCUT2D eigenvalue weighted by molar-refractivity contribution is -0.126. The first kappa shape index (κ1) is 19.5. The molecule has 2 aromatic rings. The summed E-state index contributed by atoms with van der Waals surface area (Å²) in [5.74, 6) is 0.679. The van der Waals surface area contributed by atoms with Gasteiger partial charge < -0.3 is 9.84 Å². The molecule has 27 heavy (non-hydrogen) atoms. The third-order valence-electron chi connectivity index (χ3n) is 5.02. The first-order chi connectivity index (χ1) is 13.0. The van der Waals surface area contributed by atoms with Crippen molar-refractivity contribution in [2.75, 3.05) is 32.7 Å². The molecule has 1 unspecified atom stereocenters. The van der Waals surface area contributed by atoms with Gasteiger partial charge in [-0.3, -0.25) is 14.6 Å². The van der Waals surface area contributed by atoms with Gasteiger partial charge in [0.2, 0.25) is 5.91 Å². The Balaban J connectivity index is 1.38. The monoisotopic (exact) mass is 374 g/mol. The van der Waals surface area contributed by atoms with E-state index in [1.807, 2.05) is 19.9 Å². The molecule has 2 heterocycles. The number of hydrogen-bond acceptors (Lipinski definition) is 5. The molecule has 7 heteroatoms. The van der Waals surface area contributed by atoms with Crippen molar-refractivity contribution in [1.82, 2.24) is 20.3 Å². The Labute approximate surface area is 159 Å². The SMILES string of the molecule is Cc1cc(CN2CCN(C(C)C(=O)NCCc3ccc(F)cc3)CC2)on1. The fourth-order valence-corrected chi connectivity index (χ4v) is 3.31. The fraction of sp³-hybridized carbons (Fsp3) is 0.500. The van der Waals surface area contributed by atoms with Gasteiger partial charge in [-0.05, 0) is 38.0 Å². The number of carbonyl (C=O) groups excluding carboxylic acids is 1. The van der Waals surface area contributed by atoms with Gasteiger partial charge in [-0.1, -0.05) is 17.3 Å². The van der Waals surface area contributed by atoms with Crippen LogP contribution in [0.15, 0.2) is 34.9 Å². The van der Waals surface area contributed by atoms with Crippen LogP contribution in [0.5, 0.6) is 0 Å². The Morgan fingerprint density at radius 2 is 1.96 bits per heavy atom. The van der Waals surface area contributed by atoms with Crippen LogP contribution >= 0.6 is 0 Å². The average Bonchev–Trinajstić information content (AvgIpc) is 3.08. The van der Waals surface area contributed by atoms with Crippen molar-refractivity contribution in [2.45, 2.75) is 32.9 Å². The van der Waals surface area contributed by atoms with E-state index in [9.17, 15) is 9.18 Å². The molecule has 1 fully saturated rings. The minimum Gasteiger partial charge on any atom is -0.360 e. The first-order valence-electron chi connectivity index (χ1n) is 9.42. The van der Waals surface area contributed by atoms with Gasteiger partial charge in [-0.15, -0.1) is 0 Å². The molecule has 0 radical (unpaired) electrons. The van der Waals surface area contributed by atoms with Gasteiger partial charge in [0.05, 0.1) is 18.3 Å². The van der Waals surface area contributed by atoms with Gasteiger partial charge in [0.1, 0.15) is 5.82 Å². The molecular weight excluding hydrogens is 347 g/mol. The number of benzene rings is 1. The standard InChI is InChI=1S/C20H27FN4O2/c1-15-13-19(27-23-15)14-24-9-11-25(12-10-24)16(2)20(26)22-8-7-17-3-5-18(21)6-4-17/h3-6,13,16H,7-12,14H2,1-2H3,(H,22,26). The molecule has 1 N–H and O–H groups in total. The number of nitrogens with zero attached hydrogens (tertiary/aromatic N) is 3. The lowest BCUT2D eigenvalue weighted by Gasteiger charge is -2.37. The molecule has 1 aromatic carbocycles. The number of piperazine rings is 1. The highest BCUT2D eigenvalue weighted by Gasteiger charge is 2.25. The van der Waals surface area contributed by atoms with E-state index < -0.39 is 0 Å². The third-order valence-corrected chi connectivity index (χ3v) is 5.02. The van der Waals surface area contributed by atoms with Crippen molar-refractivity contribution < 1.29 is 13.7 Å². The number of aryl methyl sites for hydroxylation is 1. The predicted octanol–water partition coefficient (Wildman–Crippen LogP) is 1.99. The van der Waals surface area contributed by atoms with Gasteiger partial charge in [-0.2, -0.15) is 0 Å². The molecule has 0 saturated carbocycles. The molecular formula is C20H27FN4O2. The van der Waals surface area contributed by atoms with Crippen LogP contribution in [-0.4, -0.2) is 59.6 Å². The fourth-order valence-electron chi connectivity index (χ4n) is 3.31. The van der Waals surface area contributed by atoms with Crippen LogP contribution in [0.1, 0.15) is 23.9 Å². The zero-order chi connectivity index (χ0) is 19.2. The van der Waals surface area contributed by atoms with E-state index in [1.54, 1.807) is 12.1 Å². The highest BCUT2D eigenvalue weighted by Crippen LogP contribution is 2.11. The molecule has 1 aromatic heterocycles. The highest BCUT2D eigenvalue weighted by molar-refractivity contribution is 5.81. The largest absolute Gasteiger partial charge is 0.360 e. The minimum atomic E-state index is -0.242. The van der Waals surface area contributed by atoms with Crippen LogP contribution in [0.4, 0.5) is 4.39 Å². The molecule has 1 atom stereocenters. The maximum atomic E-state index is 12.9. The molecule has 6 nitrogen and oxygen atoms in total. The summed E-state index contributed by atoms with van der Waals surface area (Å²) in [5, 5.41) is 6.91. The molecule has 0 aliphatic carbocycles. The Hall–Kier alpha value is -2.25. The summed E-state index contributed by atoms with van der Waals surface area (Å²) in [5.41, 5.74) is 1.91. The maximum absolute atomic E-state index is 12.9. The second-order valence-corrected chi connectivity index (χ2v) is 7.09. The van der Waals surface area contributed by atoms with Gasteiger partial charge >= 0.3 is 0 Å². The molecule has 1 saturated heterocycles. The summed E-state index contributed by atoms with van der Waals surface area (Å²) in [4.78, 5) is 16.9. The lowest BCUT2D eigenvalue weighted by Crippen LogP contribution is -2.53. The highest BCUT2D eigenvalue weighted by atomic mass is 19.1. The minimum absolute atomic E-state index is 0.0384. The van der Waals surface area contributed by atoms with Crippen molar-refractivity contribution in [3.05, 3.63) is 53.2 Å². The zero-order valence-corrected chi connectivity index (χ0v) is 15.9. The van der Waals surface area contributed by atoms with Crippen LogP contribution in [0, 0.1) is 12.7 Å². The summed E-state index contributed by atoms with van der Waals surface area (Å²) >= 11 is 0. The molecule has 3 rings (SSSR count). The lowest BCUT2D eigenvalue weighted by atomic mass is 10.1. The van der Waals surface area contributed by atoms with Gasteiger partial charge in [0.25, 0.3) is 0 Å². The summed E-state index contributed by atoms with van der Waals surface area (Å²) in [6, 6.07) is 8.19. The Bertz CT molecular complexity index is 739. The quantitative estimate of drug-likeness (QED) is 0.803. The summed E-state index contributed by atoms with van der Waals surface area (Å²) in [6.07, 6.45) is 0.698. The number of amides is 1. The number of halogens is 1. The number of hydrogen-bond donors (Lipinski definition) is 1. The number of aromatic nitrogens is 1. The van der Waals surface area contributed by atoms with E-state index in [0.717, 1.165) is 49.7 Å². The van der Waals surface area contributed by atoms with E-state index in [-0.39, 0.29) is 17.8 Å². The number of rotatable bonds is 7. The second kappa shape index (κ2) is 9.10. The van der Waals surface area contributed by atoms with Crippen LogP contribution in [0.2, 0.25) is 0 Å². The third kappa shape index (κ3) is 5.61. The summed E-state index contributed by atoms with van der Waals surface area (Å²) < 4.78 is 18.2. The molecule has 1 aliphatic heterocycles. The van der Waals surface area contributed by atoms with Gasteiger partial charge in [0.15, 0.2) is 5.76 Å². The second-order valence-electron chi connectivity index (χ2n) is 7.09. The average molecular weight is 374 g/mol. The van der Waals surface area contributed by atoms with E-state index >= 15 is 0 Å². The topological polar surface area (TPSA) is 61.6 Å². The van der Waals surface area contributed by atoms with Crippen LogP contribution in [0.25, 0.3) is 0 Å². The van der Waals surface area contributed by atoms with E-state index in [4.69, 9.17) is 4.52 Å². The number of carbonyl (C=O) groups is 1. The predicted molar refractivity (Wildman–Crippen MR) is 101 cm³/mol. The van der Waals surface area contributed by atoms with E-state index in [0.29, 0.717) is 13.0 Å². The van der Waals surface area contributed by atoms with Crippen molar-refractivity contribution in [3.63, 3.8) is 0 Å². The summed E-state index contributed by atoms with van der Waals surface area (Å²) in [7, 11) is 0. The molecule has 0 spiro atoms. The van der Waals surface area contributed by atoms with Gasteiger partial charge in [-0.25, -0.2) is 4.39 Å². The molecule has 0 bridgehead atoms. The number of nitrogens with one attached hydrogen (secondary N) is 1. The van der Waals surface area contributed by atoms with Crippen molar-refractivity contribution in [1.29, 1.82) is 0 Å². The van der Waals surface area contributed by atoms with E-state index in [1.165, 1.54) is 12.1 Å². The maximum Gasteiger partial charge on any atom is 0.237 e. The smallest absolute Gasteiger partial charge is 0.237 e. The van der Waals surface area contributed by atoms with Crippen LogP contribution in [-0.2, 0) is 17.8 Å². The summed E-state index contributed by atoms with van der Waals surface area (Å²) in [6.45, 7) is 8.66. The van der Waals surface area contributed by atoms with E-state index in [2.05, 4.69) is 20.3 Å².